The summed E-state index contributed by atoms with van der Waals surface area (Å²) >= 11 is 9.43. The van der Waals surface area contributed by atoms with Crippen LogP contribution in [-0.2, 0) is 5.33 Å². The Morgan fingerprint density at radius 2 is 1.75 bits per heavy atom. The van der Waals surface area contributed by atoms with Crippen molar-refractivity contribution >= 4 is 27.5 Å². The highest BCUT2D eigenvalue weighted by Gasteiger charge is 2.32. The van der Waals surface area contributed by atoms with Gasteiger partial charge < -0.3 is 4.74 Å². The van der Waals surface area contributed by atoms with Crippen molar-refractivity contribution < 1.29 is 17.9 Å². The van der Waals surface area contributed by atoms with E-state index in [1.54, 1.807) is 30.3 Å². The van der Waals surface area contributed by atoms with Crippen molar-refractivity contribution in [3.63, 3.8) is 0 Å². The van der Waals surface area contributed by atoms with Gasteiger partial charge in [-0.1, -0.05) is 57.9 Å². The molecule has 0 heterocycles. The molecule has 0 saturated carbocycles. The van der Waals surface area contributed by atoms with Gasteiger partial charge in [-0.3, -0.25) is 0 Å². The molecule has 2 rings (SSSR count). The molecule has 0 aliphatic carbocycles. The molecular formula is C14H9BrClF3O. The third-order valence-electron chi connectivity index (χ3n) is 2.63. The molecule has 0 saturated heterocycles. The van der Waals surface area contributed by atoms with E-state index in [2.05, 4.69) is 20.7 Å². The summed E-state index contributed by atoms with van der Waals surface area (Å²) in [5.41, 5.74) is 1.63. The van der Waals surface area contributed by atoms with Gasteiger partial charge in [0.25, 0.3) is 0 Å². The molecule has 2 aromatic carbocycles. The second-order valence-corrected chi connectivity index (χ2v) is 4.92. The van der Waals surface area contributed by atoms with Crippen LogP contribution in [0.5, 0.6) is 5.75 Å². The van der Waals surface area contributed by atoms with E-state index in [0.29, 0.717) is 21.5 Å². The lowest BCUT2D eigenvalue weighted by molar-refractivity contribution is -0.274. The molecule has 0 amide bonds. The zero-order valence-electron chi connectivity index (χ0n) is 10.0. The molecule has 0 N–H and O–H groups in total. The topological polar surface area (TPSA) is 9.23 Å². The number of rotatable bonds is 3. The van der Waals surface area contributed by atoms with Crippen LogP contribution in [0.1, 0.15) is 5.56 Å². The van der Waals surface area contributed by atoms with E-state index in [0.717, 1.165) is 5.56 Å². The van der Waals surface area contributed by atoms with Crippen LogP contribution in [0, 0.1) is 0 Å². The molecule has 0 atom stereocenters. The summed E-state index contributed by atoms with van der Waals surface area (Å²) in [4.78, 5) is 0. The molecule has 106 valence electrons. The average Bonchev–Trinajstić information content (AvgIpc) is 2.37. The predicted molar refractivity (Wildman–Crippen MR) is 76.2 cm³/mol. The number of halogens is 5. The molecule has 0 fully saturated rings. The van der Waals surface area contributed by atoms with Gasteiger partial charge in [0.2, 0.25) is 0 Å². The van der Waals surface area contributed by atoms with Crippen molar-refractivity contribution in [2.24, 2.45) is 0 Å². The van der Waals surface area contributed by atoms with Gasteiger partial charge in [-0.2, -0.15) is 0 Å². The fourth-order valence-electron chi connectivity index (χ4n) is 1.87. The van der Waals surface area contributed by atoms with Crippen LogP contribution in [0.25, 0.3) is 11.1 Å². The van der Waals surface area contributed by atoms with Crippen LogP contribution in [0.3, 0.4) is 0 Å². The van der Waals surface area contributed by atoms with Crippen LogP contribution in [0.4, 0.5) is 13.2 Å². The van der Waals surface area contributed by atoms with Gasteiger partial charge in [-0.25, -0.2) is 0 Å². The maximum Gasteiger partial charge on any atom is 0.573 e. The number of alkyl halides is 4. The van der Waals surface area contributed by atoms with Crippen LogP contribution in [0.15, 0.2) is 42.5 Å². The minimum atomic E-state index is -4.74. The van der Waals surface area contributed by atoms with Crippen molar-refractivity contribution in [2.75, 3.05) is 0 Å². The molecule has 1 nitrogen and oxygen atoms in total. The summed E-state index contributed by atoms with van der Waals surface area (Å²) in [7, 11) is 0. The minimum Gasteiger partial charge on any atom is -0.405 e. The summed E-state index contributed by atoms with van der Waals surface area (Å²) in [5, 5.41) is 0.851. The first-order valence-corrected chi connectivity index (χ1v) is 7.11. The van der Waals surface area contributed by atoms with Crippen molar-refractivity contribution in [1.29, 1.82) is 0 Å². The molecular weight excluding hydrogens is 357 g/mol. The summed E-state index contributed by atoms with van der Waals surface area (Å²) < 4.78 is 41.4. The molecule has 6 heteroatoms. The molecule has 0 radical (unpaired) electrons. The van der Waals surface area contributed by atoms with Crippen molar-refractivity contribution in [3.8, 4) is 16.9 Å². The van der Waals surface area contributed by atoms with Crippen molar-refractivity contribution in [3.05, 3.63) is 53.1 Å². The number of para-hydroxylation sites is 1. The summed E-state index contributed by atoms with van der Waals surface area (Å²) in [6.07, 6.45) is -4.74. The van der Waals surface area contributed by atoms with Crippen molar-refractivity contribution in [2.45, 2.75) is 11.7 Å². The van der Waals surface area contributed by atoms with Gasteiger partial charge in [0.05, 0.1) is 0 Å². The van der Waals surface area contributed by atoms with Gasteiger partial charge in [-0.15, -0.1) is 13.2 Å². The molecule has 0 bridgehead atoms. The highest BCUT2D eigenvalue weighted by atomic mass is 79.9. The Labute approximate surface area is 127 Å². The maximum atomic E-state index is 12.5. The minimum absolute atomic E-state index is 0.268. The van der Waals surface area contributed by atoms with Gasteiger partial charge in [0.15, 0.2) is 0 Å². The van der Waals surface area contributed by atoms with Crippen LogP contribution < -0.4 is 4.74 Å². The first-order chi connectivity index (χ1) is 9.42. The second-order valence-electron chi connectivity index (χ2n) is 3.95. The second kappa shape index (κ2) is 6.06. The number of benzene rings is 2. The van der Waals surface area contributed by atoms with Gasteiger partial charge in [0.1, 0.15) is 5.75 Å². The molecule has 2 aromatic rings. The van der Waals surface area contributed by atoms with Crippen LogP contribution in [0.2, 0.25) is 5.02 Å². The number of hydrogen-bond donors (Lipinski definition) is 0. The van der Waals surface area contributed by atoms with E-state index in [9.17, 15) is 13.2 Å². The Morgan fingerprint density at radius 1 is 1.05 bits per heavy atom. The average molecular weight is 366 g/mol. The molecule has 0 aliphatic heterocycles. The fraction of sp³-hybridized carbons (Fsp3) is 0.143. The SMILES string of the molecule is FC(F)(F)Oc1ccccc1-c1c(Cl)cccc1CBr. The number of ether oxygens (including phenoxy) is 1. The van der Waals surface area contributed by atoms with Gasteiger partial charge >= 0.3 is 6.36 Å². The largest absolute Gasteiger partial charge is 0.573 e. The summed E-state index contributed by atoms with van der Waals surface area (Å²) in [6.45, 7) is 0. The van der Waals surface area contributed by atoms with E-state index < -0.39 is 6.36 Å². The van der Waals surface area contributed by atoms with E-state index in [1.807, 2.05) is 0 Å². The molecule has 0 unspecified atom stereocenters. The van der Waals surface area contributed by atoms with Gasteiger partial charge in [-0.05, 0) is 17.7 Å². The highest BCUT2D eigenvalue weighted by Crippen LogP contribution is 2.39. The monoisotopic (exact) mass is 364 g/mol. The molecule has 0 aliphatic rings. The Balaban J connectivity index is 2.59. The van der Waals surface area contributed by atoms with E-state index >= 15 is 0 Å². The maximum absolute atomic E-state index is 12.5. The van der Waals surface area contributed by atoms with Crippen LogP contribution in [-0.4, -0.2) is 6.36 Å². The lowest BCUT2D eigenvalue weighted by atomic mass is 10.00. The third-order valence-corrected chi connectivity index (χ3v) is 3.55. The fourth-order valence-corrected chi connectivity index (χ4v) is 2.63. The zero-order chi connectivity index (χ0) is 14.8. The predicted octanol–water partition coefficient (Wildman–Crippen LogP) is 5.80. The Bertz CT molecular complexity index is 614. The molecule has 20 heavy (non-hydrogen) atoms. The highest BCUT2D eigenvalue weighted by molar-refractivity contribution is 9.08. The van der Waals surface area contributed by atoms with E-state index in [1.165, 1.54) is 12.1 Å². The lowest BCUT2D eigenvalue weighted by Crippen LogP contribution is -2.17. The molecule has 0 spiro atoms. The standard InChI is InChI=1S/C14H9BrClF3O/c15-8-9-4-3-6-11(16)13(9)10-5-1-2-7-12(10)20-14(17,18)19/h1-7H,8H2. The smallest absolute Gasteiger partial charge is 0.405 e. The Morgan fingerprint density at radius 3 is 2.40 bits per heavy atom. The van der Waals surface area contributed by atoms with Crippen LogP contribution >= 0.6 is 27.5 Å². The Kier molecular flexibility index (Phi) is 4.60. The third kappa shape index (κ3) is 3.46. The first-order valence-electron chi connectivity index (χ1n) is 5.61. The summed E-state index contributed by atoms with van der Waals surface area (Å²) in [6, 6.07) is 11.1. The van der Waals surface area contributed by atoms with Crippen molar-refractivity contribution in [1.82, 2.24) is 0 Å². The summed E-state index contributed by atoms with van der Waals surface area (Å²) in [5.74, 6) is -0.268. The Hall–Kier alpha value is -1.20. The molecule has 0 aromatic heterocycles. The van der Waals surface area contributed by atoms with E-state index in [4.69, 9.17) is 11.6 Å². The number of hydrogen-bond acceptors (Lipinski definition) is 1. The quantitative estimate of drug-likeness (QED) is 0.625. The normalized spacial score (nSPS) is 11.4. The zero-order valence-corrected chi connectivity index (χ0v) is 12.4. The van der Waals surface area contributed by atoms with E-state index in [-0.39, 0.29) is 5.75 Å². The lowest BCUT2D eigenvalue weighted by Gasteiger charge is -2.16. The van der Waals surface area contributed by atoms with Gasteiger partial charge in [0, 0.05) is 21.5 Å². The first kappa shape index (κ1) is 15.2.